The fraction of sp³-hybridized carbons (Fsp3) is 0.217. The molecular weight excluding hydrogens is 320 g/mol. The van der Waals surface area contributed by atoms with Crippen LogP contribution in [0.1, 0.15) is 27.8 Å². The molecule has 3 nitrogen and oxygen atoms in total. The number of aryl methyl sites for hydroxylation is 4. The molecule has 0 saturated heterocycles. The maximum Gasteiger partial charge on any atom is 0.229 e. The largest absolute Gasteiger partial charge is 0.438 e. The van der Waals surface area contributed by atoms with Crippen LogP contribution in [0.2, 0.25) is 0 Å². The van der Waals surface area contributed by atoms with E-state index >= 15 is 0 Å². The van der Waals surface area contributed by atoms with Crippen LogP contribution in [0.15, 0.2) is 30.5 Å². The number of nitrogens with zero attached hydrogens (tertiary/aromatic N) is 2. The second-order valence-electron chi connectivity index (χ2n) is 7.38. The summed E-state index contributed by atoms with van der Waals surface area (Å²) in [6.07, 6.45) is 1.96. The predicted octanol–water partition coefficient (Wildman–Crippen LogP) is 6.10. The standard InChI is InChI=1S/C23H20N2O/c1-11-6-7-18-20-19(11)13(3)10-24-22(20)17-9-16-8-12(2)14(4)15(5)21(16)25-23(17)26-18/h6-10H,1-5H3. The molecule has 3 heteroatoms. The van der Waals surface area contributed by atoms with E-state index in [2.05, 4.69) is 52.8 Å². The Hall–Kier alpha value is -2.94. The first-order valence-corrected chi connectivity index (χ1v) is 8.94. The maximum atomic E-state index is 6.24. The van der Waals surface area contributed by atoms with Gasteiger partial charge < -0.3 is 4.74 Å². The highest BCUT2D eigenvalue weighted by Gasteiger charge is 2.25. The summed E-state index contributed by atoms with van der Waals surface area (Å²) in [5, 5.41) is 3.47. The molecule has 1 aliphatic heterocycles. The highest BCUT2D eigenvalue weighted by molar-refractivity contribution is 6.06. The van der Waals surface area contributed by atoms with Gasteiger partial charge in [0.05, 0.1) is 22.2 Å². The van der Waals surface area contributed by atoms with Crippen LogP contribution in [-0.2, 0) is 0 Å². The van der Waals surface area contributed by atoms with E-state index < -0.39 is 0 Å². The number of fused-ring (bicyclic) bond motifs is 3. The van der Waals surface area contributed by atoms with Crippen molar-refractivity contribution in [1.29, 1.82) is 0 Å². The minimum Gasteiger partial charge on any atom is -0.438 e. The Balaban J connectivity index is 1.92. The van der Waals surface area contributed by atoms with Gasteiger partial charge in [0, 0.05) is 11.6 Å². The van der Waals surface area contributed by atoms with Gasteiger partial charge in [-0.1, -0.05) is 6.07 Å². The summed E-state index contributed by atoms with van der Waals surface area (Å²) >= 11 is 0. The molecule has 0 saturated carbocycles. The van der Waals surface area contributed by atoms with Crippen molar-refractivity contribution in [2.75, 3.05) is 0 Å². The molecule has 0 fully saturated rings. The lowest BCUT2D eigenvalue weighted by Crippen LogP contribution is -2.04. The fourth-order valence-corrected chi connectivity index (χ4v) is 4.10. The van der Waals surface area contributed by atoms with Crippen molar-refractivity contribution in [2.24, 2.45) is 0 Å². The van der Waals surface area contributed by atoms with E-state index in [1.807, 2.05) is 12.3 Å². The van der Waals surface area contributed by atoms with E-state index in [1.165, 1.54) is 33.2 Å². The summed E-state index contributed by atoms with van der Waals surface area (Å²) in [4.78, 5) is 9.65. The lowest BCUT2D eigenvalue weighted by atomic mass is 9.94. The van der Waals surface area contributed by atoms with E-state index in [0.29, 0.717) is 5.88 Å². The normalized spacial score (nSPS) is 12.3. The van der Waals surface area contributed by atoms with Crippen molar-refractivity contribution >= 4 is 21.7 Å². The molecular formula is C23H20N2O. The number of pyridine rings is 2. The zero-order chi connectivity index (χ0) is 18.2. The molecule has 0 atom stereocenters. The van der Waals surface area contributed by atoms with Crippen LogP contribution in [0.3, 0.4) is 0 Å². The number of rotatable bonds is 0. The van der Waals surface area contributed by atoms with E-state index in [9.17, 15) is 0 Å². The monoisotopic (exact) mass is 340 g/mol. The van der Waals surface area contributed by atoms with E-state index in [4.69, 9.17) is 14.7 Å². The molecule has 4 aromatic rings. The zero-order valence-electron chi connectivity index (χ0n) is 15.7. The van der Waals surface area contributed by atoms with Gasteiger partial charge in [-0.25, -0.2) is 4.98 Å². The smallest absolute Gasteiger partial charge is 0.229 e. The molecule has 2 aromatic carbocycles. The SMILES string of the molecule is Cc1cc2cc3c(nc2c(C)c1C)Oc1ccc(C)c2c(C)cnc-3c12. The summed E-state index contributed by atoms with van der Waals surface area (Å²) < 4.78 is 6.24. The number of benzene rings is 2. The second-order valence-corrected chi connectivity index (χ2v) is 7.38. The average molecular weight is 340 g/mol. The van der Waals surface area contributed by atoms with Gasteiger partial charge in [0.25, 0.3) is 0 Å². The Morgan fingerprint density at radius 3 is 2.42 bits per heavy atom. The number of hydrogen-bond donors (Lipinski definition) is 0. The van der Waals surface area contributed by atoms with Gasteiger partial charge in [0.2, 0.25) is 5.88 Å². The van der Waals surface area contributed by atoms with Gasteiger partial charge in [0.15, 0.2) is 0 Å². The first-order chi connectivity index (χ1) is 12.5. The third kappa shape index (κ3) is 1.88. The van der Waals surface area contributed by atoms with Crippen molar-refractivity contribution in [3.05, 3.63) is 58.3 Å². The molecule has 5 rings (SSSR count). The third-order valence-corrected chi connectivity index (χ3v) is 5.75. The molecule has 0 unspecified atom stereocenters. The van der Waals surface area contributed by atoms with Crippen LogP contribution < -0.4 is 4.74 Å². The molecule has 3 heterocycles. The van der Waals surface area contributed by atoms with Crippen LogP contribution in [0.4, 0.5) is 0 Å². The molecule has 26 heavy (non-hydrogen) atoms. The average Bonchev–Trinajstić information content (AvgIpc) is 2.62. The minimum absolute atomic E-state index is 0.651. The molecule has 0 bridgehead atoms. The second kappa shape index (κ2) is 5.04. The minimum atomic E-state index is 0.651. The lowest BCUT2D eigenvalue weighted by Gasteiger charge is -2.22. The lowest BCUT2D eigenvalue weighted by molar-refractivity contribution is 0.468. The molecule has 1 aliphatic rings. The van der Waals surface area contributed by atoms with Gasteiger partial charge in [-0.15, -0.1) is 0 Å². The number of hydrogen-bond acceptors (Lipinski definition) is 3. The van der Waals surface area contributed by atoms with E-state index in [-0.39, 0.29) is 0 Å². The Labute approximate surface area is 152 Å². The van der Waals surface area contributed by atoms with Crippen molar-refractivity contribution in [1.82, 2.24) is 9.97 Å². The van der Waals surface area contributed by atoms with Gasteiger partial charge >= 0.3 is 0 Å². The van der Waals surface area contributed by atoms with E-state index in [1.54, 1.807) is 0 Å². The summed E-state index contributed by atoms with van der Waals surface area (Å²) in [6.45, 7) is 10.7. The van der Waals surface area contributed by atoms with Gasteiger partial charge in [-0.05, 0) is 86.0 Å². The van der Waals surface area contributed by atoms with Crippen molar-refractivity contribution < 1.29 is 4.74 Å². The van der Waals surface area contributed by atoms with E-state index in [0.717, 1.165) is 33.3 Å². The van der Waals surface area contributed by atoms with Crippen molar-refractivity contribution in [2.45, 2.75) is 34.6 Å². The van der Waals surface area contributed by atoms with Crippen molar-refractivity contribution in [3.8, 4) is 22.9 Å². The summed E-state index contributed by atoms with van der Waals surface area (Å²) in [5.74, 6) is 1.50. The number of aromatic nitrogens is 2. The highest BCUT2D eigenvalue weighted by Crippen LogP contribution is 2.47. The first-order valence-electron chi connectivity index (χ1n) is 8.94. The molecule has 0 aliphatic carbocycles. The summed E-state index contributed by atoms with van der Waals surface area (Å²) in [5.41, 5.74) is 9.14. The zero-order valence-corrected chi connectivity index (χ0v) is 15.7. The van der Waals surface area contributed by atoms with Crippen LogP contribution in [0.5, 0.6) is 11.6 Å². The summed E-state index contributed by atoms with van der Waals surface area (Å²) in [6, 6.07) is 8.53. The van der Waals surface area contributed by atoms with Gasteiger partial charge in [0.1, 0.15) is 5.75 Å². The third-order valence-electron chi connectivity index (χ3n) is 5.75. The van der Waals surface area contributed by atoms with Crippen LogP contribution in [0, 0.1) is 34.6 Å². The maximum absolute atomic E-state index is 6.24. The topological polar surface area (TPSA) is 35.0 Å². The van der Waals surface area contributed by atoms with Gasteiger partial charge in [-0.2, -0.15) is 0 Å². The van der Waals surface area contributed by atoms with Crippen LogP contribution >= 0.6 is 0 Å². The van der Waals surface area contributed by atoms with Crippen molar-refractivity contribution in [3.63, 3.8) is 0 Å². The molecule has 0 radical (unpaired) electrons. The first kappa shape index (κ1) is 15.3. The Kier molecular flexibility index (Phi) is 2.97. The predicted molar refractivity (Wildman–Crippen MR) is 106 cm³/mol. The molecule has 0 spiro atoms. The molecule has 2 aromatic heterocycles. The van der Waals surface area contributed by atoms with Crippen LogP contribution in [0.25, 0.3) is 32.9 Å². The van der Waals surface area contributed by atoms with Gasteiger partial charge in [-0.3, -0.25) is 4.98 Å². The highest BCUT2D eigenvalue weighted by atomic mass is 16.5. The fourth-order valence-electron chi connectivity index (χ4n) is 4.10. The number of ether oxygens (including phenoxy) is 1. The molecule has 128 valence electrons. The Bertz CT molecular complexity index is 1250. The Morgan fingerprint density at radius 1 is 0.808 bits per heavy atom. The quantitative estimate of drug-likeness (QED) is 0.342. The molecule has 0 N–H and O–H groups in total. The summed E-state index contributed by atoms with van der Waals surface area (Å²) in [7, 11) is 0. The van der Waals surface area contributed by atoms with Crippen LogP contribution in [-0.4, -0.2) is 9.97 Å². The molecule has 0 amide bonds. The Morgan fingerprint density at radius 2 is 1.62 bits per heavy atom.